The topological polar surface area (TPSA) is 88.4 Å². The van der Waals surface area contributed by atoms with E-state index in [4.69, 9.17) is 32.7 Å². The highest BCUT2D eigenvalue weighted by atomic mass is 35.5. The van der Waals surface area contributed by atoms with Crippen molar-refractivity contribution in [2.45, 2.75) is 6.61 Å². The van der Waals surface area contributed by atoms with E-state index in [-0.39, 0.29) is 18.1 Å². The van der Waals surface area contributed by atoms with Gasteiger partial charge in [-0.25, -0.2) is 9.79 Å². The standard InChI is InChI=1S/C26H20Cl2N2O5S/c1-30-24(31)23(36-26(30)29-18-5-3-4-17(13-18)25(32)33)12-15-7-9-21(22(11-15)34-2)35-14-16-6-8-19(27)20(28)10-16/h3-13H,14H2,1-2H3,(H,32,33). The Balaban J connectivity index is 1.52. The number of amidine groups is 1. The summed E-state index contributed by atoms with van der Waals surface area (Å²) in [5.41, 5.74) is 2.17. The number of carbonyl (C=O) groups excluding carboxylic acids is 1. The van der Waals surface area contributed by atoms with Crippen LogP contribution in [0.2, 0.25) is 10.0 Å². The lowest BCUT2D eigenvalue weighted by molar-refractivity contribution is -0.121. The van der Waals surface area contributed by atoms with Gasteiger partial charge in [-0.2, -0.15) is 0 Å². The van der Waals surface area contributed by atoms with Gasteiger partial charge in [0, 0.05) is 7.05 Å². The van der Waals surface area contributed by atoms with Crippen LogP contribution in [-0.4, -0.2) is 41.2 Å². The lowest BCUT2D eigenvalue weighted by Gasteiger charge is -2.12. The average Bonchev–Trinajstić information content (AvgIpc) is 3.12. The maximum atomic E-state index is 12.8. The molecule has 3 aromatic carbocycles. The first-order chi connectivity index (χ1) is 17.2. The molecule has 10 heteroatoms. The Morgan fingerprint density at radius 1 is 1.08 bits per heavy atom. The molecular weight excluding hydrogens is 523 g/mol. The molecule has 1 saturated heterocycles. The van der Waals surface area contributed by atoms with Crippen LogP contribution in [0.4, 0.5) is 5.69 Å². The summed E-state index contributed by atoms with van der Waals surface area (Å²) in [7, 11) is 3.16. The second kappa shape index (κ2) is 11.1. The molecule has 0 bridgehead atoms. The van der Waals surface area contributed by atoms with Crippen LogP contribution in [0.3, 0.4) is 0 Å². The minimum atomic E-state index is -1.04. The fraction of sp³-hybridized carbons (Fsp3) is 0.115. The van der Waals surface area contributed by atoms with E-state index in [1.54, 1.807) is 49.5 Å². The van der Waals surface area contributed by atoms with Crippen molar-refractivity contribution in [1.82, 2.24) is 4.90 Å². The number of amides is 1. The molecule has 1 fully saturated rings. The summed E-state index contributed by atoms with van der Waals surface area (Å²) in [6.45, 7) is 0.274. The van der Waals surface area contributed by atoms with Gasteiger partial charge in [-0.05, 0) is 71.4 Å². The summed E-state index contributed by atoms with van der Waals surface area (Å²) < 4.78 is 11.4. The Morgan fingerprint density at radius 3 is 2.61 bits per heavy atom. The molecule has 1 amide bonds. The minimum Gasteiger partial charge on any atom is -0.493 e. The SMILES string of the molecule is COc1cc(C=C2SC(=Nc3cccc(C(=O)O)c3)N(C)C2=O)ccc1OCc1ccc(Cl)c(Cl)c1. The first-order valence-electron chi connectivity index (χ1n) is 10.6. The van der Waals surface area contributed by atoms with Gasteiger partial charge in [0.1, 0.15) is 6.61 Å². The van der Waals surface area contributed by atoms with Gasteiger partial charge in [-0.1, -0.05) is 41.4 Å². The third kappa shape index (κ3) is 5.84. The highest BCUT2D eigenvalue weighted by molar-refractivity contribution is 8.18. The van der Waals surface area contributed by atoms with Crippen LogP contribution in [0.25, 0.3) is 6.08 Å². The molecule has 3 aromatic rings. The van der Waals surface area contributed by atoms with Crippen LogP contribution in [0.1, 0.15) is 21.5 Å². The summed E-state index contributed by atoms with van der Waals surface area (Å²) in [5, 5.41) is 10.6. The van der Waals surface area contributed by atoms with E-state index in [0.717, 1.165) is 11.1 Å². The van der Waals surface area contributed by atoms with E-state index in [0.29, 0.717) is 37.3 Å². The van der Waals surface area contributed by atoms with E-state index < -0.39 is 5.97 Å². The van der Waals surface area contributed by atoms with Crippen molar-refractivity contribution in [3.8, 4) is 11.5 Å². The molecule has 0 aromatic heterocycles. The number of aromatic carboxylic acids is 1. The average molecular weight is 543 g/mol. The normalized spacial score (nSPS) is 15.6. The Labute approximate surface area is 221 Å². The zero-order valence-corrected chi connectivity index (χ0v) is 21.5. The van der Waals surface area contributed by atoms with Crippen LogP contribution in [-0.2, 0) is 11.4 Å². The molecule has 1 heterocycles. The molecular formula is C26H20Cl2N2O5S. The van der Waals surface area contributed by atoms with Gasteiger partial charge in [0.15, 0.2) is 16.7 Å². The quantitative estimate of drug-likeness (QED) is 0.342. The molecule has 7 nitrogen and oxygen atoms in total. The number of aliphatic imine (C=N–C) groups is 1. The van der Waals surface area contributed by atoms with Crippen LogP contribution >= 0.6 is 35.0 Å². The highest BCUT2D eigenvalue weighted by Crippen LogP contribution is 2.35. The number of carboxylic acid groups (broad SMARTS) is 1. The third-order valence-corrected chi connectivity index (χ3v) is 6.98. The molecule has 0 radical (unpaired) electrons. The molecule has 0 aliphatic carbocycles. The molecule has 0 spiro atoms. The monoisotopic (exact) mass is 542 g/mol. The number of nitrogens with zero attached hydrogens (tertiary/aromatic N) is 2. The molecule has 184 valence electrons. The van der Waals surface area contributed by atoms with Crippen LogP contribution in [0.15, 0.2) is 70.6 Å². The molecule has 0 unspecified atom stereocenters. The molecule has 1 aliphatic heterocycles. The predicted octanol–water partition coefficient (Wildman–Crippen LogP) is 6.51. The lowest BCUT2D eigenvalue weighted by atomic mass is 10.2. The van der Waals surface area contributed by atoms with Crippen molar-refractivity contribution in [3.63, 3.8) is 0 Å². The Hall–Kier alpha value is -3.46. The number of halogens is 2. The molecule has 0 atom stereocenters. The maximum absolute atomic E-state index is 12.8. The first-order valence-corrected chi connectivity index (χ1v) is 12.2. The van der Waals surface area contributed by atoms with E-state index in [1.807, 2.05) is 12.1 Å². The smallest absolute Gasteiger partial charge is 0.335 e. The van der Waals surface area contributed by atoms with E-state index in [2.05, 4.69) is 4.99 Å². The predicted molar refractivity (Wildman–Crippen MR) is 143 cm³/mol. The number of hydrogen-bond donors (Lipinski definition) is 1. The van der Waals surface area contributed by atoms with Crippen LogP contribution in [0, 0.1) is 0 Å². The molecule has 1 aliphatic rings. The number of rotatable bonds is 7. The van der Waals surface area contributed by atoms with Crippen LogP contribution in [0.5, 0.6) is 11.5 Å². The second-order valence-corrected chi connectivity index (χ2v) is 9.50. The van der Waals surface area contributed by atoms with Gasteiger partial charge in [0.05, 0.1) is 33.3 Å². The number of carbonyl (C=O) groups is 2. The van der Waals surface area contributed by atoms with Gasteiger partial charge in [0.25, 0.3) is 5.91 Å². The Morgan fingerprint density at radius 2 is 1.89 bits per heavy atom. The molecule has 36 heavy (non-hydrogen) atoms. The Kier molecular flexibility index (Phi) is 7.88. The summed E-state index contributed by atoms with van der Waals surface area (Å²) in [6, 6.07) is 16.9. The second-order valence-electron chi connectivity index (χ2n) is 7.67. The summed E-state index contributed by atoms with van der Waals surface area (Å²) in [4.78, 5) is 30.4. The summed E-state index contributed by atoms with van der Waals surface area (Å²) >= 11 is 13.2. The van der Waals surface area contributed by atoms with Gasteiger partial charge in [-0.3, -0.25) is 9.69 Å². The zero-order valence-electron chi connectivity index (χ0n) is 19.2. The van der Waals surface area contributed by atoms with Gasteiger partial charge in [0.2, 0.25) is 0 Å². The lowest BCUT2D eigenvalue weighted by Crippen LogP contribution is -2.23. The van der Waals surface area contributed by atoms with Gasteiger partial charge >= 0.3 is 5.97 Å². The van der Waals surface area contributed by atoms with E-state index in [1.165, 1.54) is 35.9 Å². The number of methoxy groups -OCH3 is 1. The van der Waals surface area contributed by atoms with Gasteiger partial charge < -0.3 is 14.6 Å². The first kappa shape index (κ1) is 25.6. The largest absolute Gasteiger partial charge is 0.493 e. The molecule has 1 N–H and O–H groups in total. The minimum absolute atomic E-state index is 0.123. The fourth-order valence-corrected chi connectivity index (χ4v) is 4.61. The molecule has 4 rings (SSSR count). The Bertz CT molecular complexity index is 1410. The van der Waals surface area contributed by atoms with E-state index in [9.17, 15) is 14.7 Å². The van der Waals surface area contributed by atoms with Crippen molar-refractivity contribution in [2.75, 3.05) is 14.2 Å². The third-order valence-electron chi connectivity index (χ3n) is 5.19. The zero-order chi connectivity index (χ0) is 25.8. The maximum Gasteiger partial charge on any atom is 0.335 e. The summed E-state index contributed by atoms with van der Waals surface area (Å²) in [6.07, 6.45) is 1.74. The number of ether oxygens (including phenoxy) is 2. The number of likely N-dealkylation sites (N-methyl/N-ethyl adjacent to an activating group) is 1. The van der Waals surface area contributed by atoms with Gasteiger partial charge in [-0.15, -0.1) is 0 Å². The molecule has 0 saturated carbocycles. The number of thioether (sulfide) groups is 1. The van der Waals surface area contributed by atoms with E-state index >= 15 is 0 Å². The van der Waals surface area contributed by atoms with Crippen molar-refractivity contribution in [1.29, 1.82) is 0 Å². The summed E-state index contributed by atoms with van der Waals surface area (Å²) in [5.74, 6) is -0.215. The number of benzene rings is 3. The fourth-order valence-electron chi connectivity index (χ4n) is 3.31. The van der Waals surface area contributed by atoms with Crippen molar-refractivity contribution < 1.29 is 24.2 Å². The van der Waals surface area contributed by atoms with Crippen molar-refractivity contribution in [3.05, 3.63) is 92.3 Å². The number of hydrogen-bond acceptors (Lipinski definition) is 6. The van der Waals surface area contributed by atoms with Crippen molar-refractivity contribution >= 4 is 63.8 Å². The highest BCUT2D eigenvalue weighted by Gasteiger charge is 2.30. The van der Waals surface area contributed by atoms with Crippen LogP contribution < -0.4 is 9.47 Å². The van der Waals surface area contributed by atoms with Crippen molar-refractivity contribution in [2.24, 2.45) is 4.99 Å². The number of carboxylic acids is 1.